The summed E-state index contributed by atoms with van der Waals surface area (Å²) < 4.78 is 28.4. The molecule has 0 amide bonds. The highest BCUT2D eigenvalue weighted by molar-refractivity contribution is 7.89. The van der Waals surface area contributed by atoms with Crippen LogP contribution >= 0.6 is 0 Å². The third kappa shape index (κ3) is 3.82. The van der Waals surface area contributed by atoms with Gasteiger partial charge in [-0.1, -0.05) is 0 Å². The van der Waals surface area contributed by atoms with E-state index in [9.17, 15) is 8.42 Å². The molecule has 0 spiro atoms. The van der Waals surface area contributed by atoms with E-state index in [2.05, 4.69) is 15.1 Å². The summed E-state index contributed by atoms with van der Waals surface area (Å²) in [6.07, 6.45) is 3.45. The highest BCUT2D eigenvalue weighted by Gasteiger charge is 2.12. The van der Waals surface area contributed by atoms with Crippen LogP contribution < -0.4 is 10.0 Å². The Labute approximate surface area is 118 Å². The second-order valence-corrected chi connectivity index (χ2v) is 5.99. The zero-order chi connectivity index (χ0) is 14.4. The molecule has 0 radical (unpaired) electrons. The van der Waals surface area contributed by atoms with E-state index in [0.29, 0.717) is 13.1 Å². The average molecular weight is 294 g/mol. The third-order valence-corrected chi connectivity index (χ3v) is 4.21. The van der Waals surface area contributed by atoms with Crippen LogP contribution in [0, 0.1) is 0 Å². The lowest BCUT2D eigenvalue weighted by Gasteiger charge is -2.08. The fourth-order valence-corrected chi connectivity index (χ4v) is 2.79. The van der Waals surface area contributed by atoms with Crippen LogP contribution in [-0.2, 0) is 16.6 Å². The van der Waals surface area contributed by atoms with Crippen molar-refractivity contribution >= 4 is 15.7 Å². The van der Waals surface area contributed by atoms with Gasteiger partial charge >= 0.3 is 0 Å². The van der Waals surface area contributed by atoms with Gasteiger partial charge in [0.05, 0.1) is 11.4 Å². The monoisotopic (exact) mass is 294 g/mol. The molecule has 0 aliphatic heterocycles. The number of aromatic nitrogens is 2. The minimum absolute atomic E-state index is 0.264. The van der Waals surface area contributed by atoms with Crippen molar-refractivity contribution in [3.63, 3.8) is 0 Å². The first-order valence-corrected chi connectivity index (χ1v) is 7.91. The molecule has 0 fully saturated rings. The van der Waals surface area contributed by atoms with Gasteiger partial charge in [0.1, 0.15) is 0 Å². The van der Waals surface area contributed by atoms with Crippen LogP contribution in [0.2, 0.25) is 0 Å². The van der Waals surface area contributed by atoms with Crippen LogP contribution in [0.15, 0.2) is 47.6 Å². The number of hydrogen-bond donors (Lipinski definition) is 2. The molecule has 0 bridgehead atoms. The zero-order valence-electron chi connectivity index (χ0n) is 11.3. The molecule has 0 aliphatic rings. The van der Waals surface area contributed by atoms with Crippen molar-refractivity contribution < 1.29 is 8.42 Å². The van der Waals surface area contributed by atoms with Crippen molar-refractivity contribution in [2.24, 2.45) is 0 Å². The van der Waals surface area contributed by atoms with Crippen molar-refractivity contribution in [1.82, 2.24) is 14.5 Å². The molecule has 1 aromatic carbocycles. The first-order valence-electron chi connectivity index (χ1n) is 6.43. The van der Waals surface area contributed by atoms with Crippen molar-refractivity contribution in [2.45, 2.75) is 18.4 Å². The van der Waals surface area contributed by atoms with Crippen molar-refractivity contribution in [2.75, 3.05) is 18.4 Å². The summed E-state index contributed by atoms with van der Waals surface area (Å²) in [6, 6.07) is 8.49. The number of nitrogens with one attached hydrogen (secondary N) is 2. The Kier molecular flexibility index (Phi) is 4.75. The lowest BCUT2D eigenvalue weighted by molar-refractivity contribution is 0.561. The molecule has 1 aromatic heterocycles. The standard InChI is InChI=1S/C13H18N4O2S/c1-2-14-12-4-6-13(7-5-12)20(18,19)16-9-11-17-10-3-8-15-17/h3-8,10,14,16H,2,9,11H2,1H3. The van der Waals surface area contributed by atoms with E-state index >= 15 is 0 Å². The molecule has 1 heterocycles. The summed E-state index contributed by atoms with van der Waals surface area (Å²) in [6.45, 7) is 3.59. The number of sulfonamides is 1. The Bertz CT molecular complexity index is 621. The van der Waals surface area contributed by atoms with Gasteiger partial charge in [-0.2, -0.15) is 5.10 Å². The maximum atomic E-state index is 12.1. The molecule has 7 heteroatoms. The molecule has 0 atom stereocenters. The predicted octanol–water partition coefficient (Wildman–Crippen LogP) is 1.29. The van der Waals surface area contributed by atoms with Crippen LogP contribution in [0.3, 0.4) is 0 Å². The van der Waals surface area contributed by atoms with Crippen LogP contribution in [0.25, 0.3) is 0 Å². The van der Waals surface area contributed by atoms with Crippen LogP contribution in [0.1, 0.15) is 6.92 Å². The predicted molar refractivity (Wildman–Crippen MR) is 78.0 cm³/mol. The maximum absolute atomic E-state index is 12.1. The Morgan fingerprint density at radius 3 is 2.60 bits per heavy atom. The molecular weight excluding hydrogens is 276 g/mol. The molecule has 0 unspecified atom stereocenters. The summed E-state index contributed by atoms with van der Waals surface area (Å²) >= 11 is 0. The van der Waals surface area contributed by atoms with Crippen molar-refractivity contribution in [3.8, 4) is 0 Å². The first kappa shape index (κ1) is 14.5. The lowest BCUT2D eigenvalue weighted by atomic mass is 10.3. The maximum Gasteiger partial charge on any atom is 0.240 e. The molecular formula is C13H18N4O2S. The number of nitrogens with zero attached hydrogens (tertiary/aromatic N) is 2. The second-order valence-electron chi connectivity index (χ2n) is 4.22. The number of anilines is 1. The third-order valence-electron chi connectivity index (χ3n) is 2.74. The van der Waals surface area contributed by atoms with Gasteiger partial charge in [0.15, 0.2) is 0 Å². The minimum Gasteiger partial charge on any atom is -0.385 e. The van der Waals surface area contributed by atoms with E-state index in [1.165, 1.54) is 0 Å². The van der Waals surface area contributed by atoms with Gasteiger partial charge in [-0.3, -0.25) is 4.68 Å². The molecule has 108 valence electrons. The van der Waals surface area contributed by atoms with E-state index in [0.717, 1.165) is 12.2 Å². The van der Waals surface area contributed by atoms with Gasteiger partial charge in [0.25, 0.3) is 0 Å². The molecule has 6 nitrogen and oxygen atoms in total. The summed E-state index contributed by atoms with van der Waals surface area (Å²) in [7, 11) is -3.46. The van der Waals surface area contributed by atoms with E-state index in [4.69, 9.17) is 0 Å². The highest BCUT2D eigenvalue weighted by Crippen LogP contribution is 2.13. The SMILES string of the molecule is CCNc1ccc(S(=O)(=O)NCCn2cccn2)cc1. The Morgan fingerprint density at radius 1 is 1.25 bits per heavy atom. The van der Waals surface area contributed by atoms with E-state index in [1.807, 2.05) is 6.92 Å². The lowest BCUT2D eigenvalue weighted by Crippen LogP contribution is -2.27. The van der Waals surface area contributed by atoms with Gasteiger partial charge < -0.3 is 5.32 Å². The van der Waals surface area contributed by atoms with Gasteiger partial charge in [-0.25, -0.2) is 13.1 Å². The van der Waals surface area contributed by atoms with Crippen LogP contribution in [-0.4, -0.2) is 31.3 Å². The van der Waals surface area contributed by atoms with Gasteiger partial charge in [-0.05, 0) is 37.3 Å². The van der Waals surface area contributed by atoms with Crippen LogP contribution in [0.5, 0.6) is 0 Å². The topological polar surface area (TPSA) is 76.0 Å². The van der Waals surface area contributed by atoms with Crippen molar-refractivity contribution in [3.05, 3.63) is 42.7 Å². The molecule has 2 aromatic rings. The van der Waals surface area contributed by atoms with Gasteiger partial charge in [0.2, 0.25) is 10.0 Å². The summed E-state index contributed by atoms with van der Waals surface area (Å²) in [5, 5.41) is 7.14. The smallest absolute Gasteiger partial charge is 0.240 e. The average Bonchev–Trinajstić information content (AvgIpc) is 2.93. The quantitative estimate of drug-likeness (QED) is 0.807. The second kappa shape index (κ2) is 6.53. The van der Waals surface area contributed by atoms with E-state index in [1.54, 1.807) is 47.4 Å². The van der Waals surface area contributed by atoms with E-state index in [-0.39, 0.29) is 4.90 Å². The Balaban J connectivity index is 1.95. The molecule has 0 saturated carbocycles. The minimum atomic E-state index is -3.46. The number of hydrogen-bond acceptors (Lipinski definition) is 4. The fraction of sp³-hybridized carbons (Fsp3) is 0.308. The Morgan fingerprint density at radius 2 is 2.00 bits per heavy atom. The summed E-state index contributed by atoms with van der Waals surface area (Å²) in [5.41, 5.74) is 0.906. The summed E-state index contributed by atoms with van der Waals surface area (Å²) in [5.74, 6) is 0. The Hall–Kier alpha value is -1.86. The van der Waals surface area contributed by atoms with Crippen LogP contribution in [0.4, 0.5) is 5.69 Å². The fourth-order valence-electron chi connectivity index (χ4n) is 1.77. The van der Waals surface area contributed by atoms with E-state index < -0.39 is 10.0 Å². The largest absolute Gasteiger partial charge is 0.385 e. The number of rotatable bonds is 7. The molecule has 20 heavy (non-hydrogen) atoms. The van der Waals surface area contributed by atoms with Crippen molar-refractivity contribution in [1.29, 1.82) is 0 Å². The molecule has 0 saturated heterocycles. The highest BCUT2D eigenvalue weighted by atomic mass is 32.2. The molecule has 2 rings (SSSR count). The molecule has 0 aliphatic carbocycles. The first-order chi connectivity index (χ1) is 9.62. The number of benzene rings is 1. The molecule has 2 N–H and O–H groups in total. The van der Waals surface area contributed by atoms with Gasteiger partial charge in [0, 0.05) is 31.2 Å². The summed E-state index contributed by atoms with van der Waals surface area (Å²) in [4.78, 5) is 0.264. The van der Waals surface area contributed by atoms with Gasteiger partial charge in [-0.15, -0.1) is 0 Å². The zero-order valence-corrected chi connectivity index (χ0v) is 12.1. The normalized spacial score (nSPS) is 11.4.